The molecule has 3 rings (SSSR count). The third-order valence-corrected chi connectivity index (χ3v) is 3.53. The van der Waals surface area contributed by atoms with Crippen LogP contribution in [0.15, 0.2) is 59.6 Å². The van der Waals surface area contributed by atoms with E-state index < -0.39 is 0 Å². The molecule has 2 N–H and O–H groups in total. The Labute approximate surface area is 126 Å². The van der Waals surface area contributed by atoms with E-state index in [4.69, 9.17) is 11.6 Å². The summed E-state index contributed by atoms with van der Waals surface area (Å²) in [6.07, 6.45) is 1.51. The van der Waals surface area contributed by atoms with Gasteiger partial charge in [-0.3, -0.25) is 4.99 Å². The van der Waals surface area contributed by atoms with Crippen molar-refractivity contribution in [3.8, 4) is 11.5 Å². The molecule has 0 aliphatic rings. The molecule has 0 fully saturated rings. The summed E-state index contributed by atoms with van der Waals surface area (Å²) >= 11 is 6.21. The van der Waals surface area contributed by atoms with Gasteiger partial charge in [0.25, 0.3) is 0 Å². The van der Waals surface area contributed by atoms with Gasteiger partial charge in [-0.05, 0) is 29.7 Å². The van der Waals surface area contributed by atoms with Gasteiger partial charge in [0.1, 0.15) is 17.2 Å². The van der Waals surface area contributed by atoms with Crippen LogP contribution in [0.4, 0.5) is 5.69 Å². The number of phenolic OH excluding ortho intramolecular Hbond substituents is 2. The SMILES string of the molecule is Oc1ccccc1C=Nc1c(O)ccc2cccc(Cl)c12. The molecule has 104 valence electrons. The molecule has 3 aromatic rings. The number of phenols is 2. The van der Waals surface area contributed by atoms with Crippen LogP contribution in [0.2, 0.25) is 5.02 Å². The lowest BCUT2D eigenvalue weighted by Gasteiger charge is -2.06. The Kier molecular flexibility index (Phi) is 3.50. The van der Waals surface area contributed by atoms with Crippen molar-refractivity contribution in [3.63, 3.8) is 0 Å². The largest absolute Gasteiger partial charge is 0.507 e. The highest BCUT2D eigenvalue weighted by atomic mass is 35.5. The summed E-state index contributed by atoms with van der Waals surface area (Å²) in [5.41, 5.74) is 0.960. The van der Waals surface area contributed by atoms with Crippen LogP contribution in [0.1, 0.15) is 5.56 Å². The van der Waals surface area contributed by atoms with E-state index in [1.165, 1.54) is 6.21 Å². The van der Waals surface area contributed by atoms with Crippen LogP contribution in [0.3, 0.4) is 0 Å². The van der Waals surface area contributed by atoms with Crippen molar-refractivity contribution in [2.75, 3.05) is 0 Å². The number of fused-ring (bicyclic) bond motifs is 1. The van der Waals surface area contributed by atoms with E-state index in [9.17, 15) is 10.2 Å². The Bertz CT molecular complexity index is 843. The van der Waals surface area contributed by atoms with Crippen LogP contribution in [-0.2, 0) is 0 Å². The summed E-state index contributed by atoms with van der Waals surface area (Å²) in [6.45, 7) is 0. The standard InChI is InChI=1S/C17H12ClNO2/c18-13-6-3-5-11-8-9-15(21)17(16(11)13)19-10-12-4-1-2-7-14(12)20/h1-10,20-21H. The van der Waals surface area contributed by atoms with Crippen molar-refractivity contribution in [1.82, 2.24) is 0 Å². The van der Waals surface area contributed by atoms with E-state index in [-0.39, 0.29) is 11.5 Å². The quantitative estimate of drug-likeness (QED) is 0.676. The second kappa shape index (κ2) is 5.46. The fraction of sp³-hybridized carbons (Fsp3) is 0. The van der Waals surface area contributed by atoms with Crippen LogP contribution in [0.5, 0.6) is 11.5 Å². The van der Waals surface area contributed by atoms with Gasteiger partial charge in [0.2, 0.25) is 0 Å². The topological polar surface area (TPSA) is 52.8 Å². The maximum Gasteiger partial charge on any atom is 0.141 e. The first-order valence-electron chi connectivity index (χ1n) is 6.39. The van der Waals surface area contributed by atoms with Crippen molar-refractivity contribution in [1.29, 1.82) is 0 Å². The maximum absolute atomic E-state index is 10.0. The fourth-order valence-electron chi connectivity index (χ4n) is 2.17. The number of benzene rings is 3. The molecule has 0 aliphatic heterocycles. The zero-order valence-electron chi connectivity index (χ0n) is 11.0. The lowest BCUT2D eigenvalue weighted by molar-refractivity contribution is 0.474. The van der Waals surface area contributed by atoms with Gasteiger partial charge in [0, 0.05) is 17.2 Å². The molecule has 0 aromatic heterocycles. The molecule has 3 aromatic carbocycles. The molecule has 0 saturated heterocycles. The highest BCUT2D eigenvalue weighted by Gasteiger charge is 2.09. The third kappa shape index (κ3) is 2.56. The molecule has 0 atom stereocenters. The third-order valence-electron chi connectivity index (χ3n) is 3.22. The lowest BCUT2D eigenvalue weighted by atomic mass is 10.1. The van der Waals surface area contributed by atoms with Crippen LogP contribution in [-0.4, -0.2) is 16.4 Å². The molecule has 0 unspecified atom stereocenters. The molecular weight excluding hydrogens is 286 g/mol. The second-order valence-corrected chi connectivity index (χ2v) is 5.00. The number of aliphatic imine (C=N–C) groups is 1. The van der Waals surface area contributed by atoms with Crippen molar-refractivity contribution >= 4 is 34.3 Å². The Morgan fingerprint density at radius 1 is 0.857 bits per heavy atom. The minimum absolute atomic E-state index is 0.0438. The minimum Gasteiger partial charge on any atom is -0.507 e. The number of hydrogen-bond donors (Lipinski definition) is 2. The molecule has 0 heterocycles. The molecule has 0 saturated carbocycles. The second-order valence-electron chi connectivity index (χ2n) is 4.59. The predicted octanol–water partition coefficient (Wildman–Crippen LogP) is 4.66. The van der Waals surface area contributed by atoms with Crippen LogP contribution < -0.4 is 0 Å². The Morgan fingerprint density at radius 3 is 2.48 bits per heavy atom. The number of aromatic hydroxyl groups is 2. The first kappa shape index (κ1) is 13.5. The summed E-state index contributed by atoms with van der Waals surface area (Å²) in [5, 5.41) is 21.9. The van der Waals surface area contributed by atoms with Gasteiger partial charge in [-0.15, -0.1) is 0 Å². The first-order valence-corrected chi connectivity index (χ1v) is 6.77. The van der Waals surface area contributed by atoms with Crippen molar-refractivity contribution < 1.29 is 10.2 Å². The van der Waals surface area contributed by atoms with Gasteiger partial charge in [-0.25, -0.2) is 0 Å². The van der Waals surface area contributed by atoms with Crippen LogP contribution in [0.25, 0.3) is 10.8 Å². The van der Waals surface area contributed by atoms with E-state index in [0.29, 0.717) is 21.7 Å². The highest BCUT2D eigenvalue weighted by molar-refractivity contribution is 6.36. The first-order chi connectivity index (χ1) is 10.2. The zero-order valence-corrected chi connectivity index (χ0v) is 11.7. The summed E-state index contributed by atoms with van der Waals surface area (Å²) < 4.78 is 0. The predicted molar refractivity (Wildman–Crippen MR) is 86.0 cm³/mol. The molecule has 3 nitrogen and oxygen atoms in total. The van der Waals surface area contributed by atoms with E-state index in [2.05, 4.69) is 4.99 Å². The van der Waals surface area contributed by atoms with E-state index >= 15 is 0 Å². The van der Waals surface area contributed by atoms with E-state index in [1.54, 1.807) is 42.5 Å². The fourth-order valence-corrected chi connectivity index (χ4v) is 2.44. The molecule has 21 heavy (non-hydrogen) atoms. The van der Waals surface area contributed by atoms with Crippen LogP contribution in [0, 0.1) is 0 Å². The van der Waals surface area contributed by atoms with E-state index in [1.807, 2.05) is 12.1 Å². The van der Waals surface area contributed by atoms with Gasteiger partial charge >= 0.3 is 0 Å². The number of halogens is 1. The number of para-hydroxylation sites is 1. The Balaban J connectivity index is 2.17. The summed E-state index contributed by atoms with van der Waals surface area (Å²) in [7, 11) is 0. The molecule has 0 radical (unpaired) electrons. The normalized spacial score (nSPS) is 11.3. The monoisotopic (exact) mass is 297 g/mol. The molecule has 0 spiro atoms. The highest BCUT2D eigenvalue weighted by Crippen LogP contribution is 2.39. The molecule has 4 heteroatoms. The van der Waals surface area contributed by atoms with Crippen molar-refractivity contribution in [2.45, 2.75) is 0 Å². The lowest BCUT2D eigenvalue weighted by Crippen LogP contribution is -1.82. The average Bonchev–Trinajstić information content (AvgIpc) is 2.48. The van der Waals surface area contributed by atoms with Gasteiger partial charge in [0.05, 0.1) is 5.02 Å². The maximum atomic E-state index is 10.0. The number of rotatable bonds is 2. The molecule has 0 aliphatic carbocycles. The van der Waals surface area contributed by atoms with Gasteiger partial charge in [-0.1, -0.05) is 41.9 Å². The number of nitrogens with zero attached hydrogens (tertiary/aromatic N) is 1. The minimum atomic E-state index is 0.0438. The smallest absolute Gasteiger partial charge is 0.141 e. The van der Waals surface area contributed by atoms with E-state index in [0.717, 1.165) is 5.39 Å². The molecule has 0 amide bonds. The van der Waals surface area contributed by atoms with Gasteiger partial charge in [-0.2, -0.15) is 0 Å². The zero-order chi connectivity index (χ0) is 14.8. The van der Waals surface area contributed by atoms with Crippen molar-refractivity contribution in [2.24, 2.45) is 4.99 Å². The van der Waals surface area contributed by atoms with Gasteiger partial charge < -0.3 is 10.2 Å². The Morgan fingerprint density at radius 2 is 1.67 bits per heavy atom. The van der Waals surface area contributed by atoms with Crippen molar-refractivity contribution in [3.05, 3.63) is 65.2 Å². The summed E-state index contributed by atoms with van der Waals surface area (Å²) in [5.74, 6) is 0.175. The summed E-state index contributed by atoms with van der Waals surface area (Å²) in [4.78, 5) is 4.31. The average molecular weight is 298 g/mol. The van der Waals surface area contributed by atoms with Gasteiger partial charge in [0.15, 0.2) is 0 Å². The Hall–Kier alpha value is -2.52. The number of hydrogen-bond acceptors (Lipinski definition) is 3. The van der Waals surface area contributed by atoms with Crippen LogP contribution >= 0.6 is 11.6 Å². The molecule has 0 bridgehead atoms. The molecular formula is C17H12ClNO2. The summed E-state index contributed by atoms with van der Waals surface area (Å²) in [6, 6.07) is 15.7.